The molecule has 0 spiro atoms. The van der Waals surface area contributed by atoms with E-state index in [4.69, 9.17) is 4.74 Å². The summed E-state index contributed by atoms with van der Waals surface area (Å²) in [5.74, 6) is 0.475. The van der Waals surface area contributed by atoms with Crippen molar-refractivity contribution in [1.82, 2.24) is 5.32 Å². The monoisotopic (exact) mass is 271 g/mol. The molecule has 5 heteroatoms. The Labute approximate surface area is 110 Å². The second-order valence-electron chi connectivity index (χ2n) is 4.44. The van der Waals surface area contributed by atoms with Crippen LogP contribution in [0.1, 0.15) is 18.4 Å². The van der Waals surface area contributed by atoms with Crippen LogP contribution in [0.15, 0.2) is 35.9 Å². The molecule has 0 radical (unpaired) electrons. The molecular formula is C14H16F3NO. The molecule has 0 saturated heterocycles. The zero-order chi connectivity index (χ0) is 13.7. The third kappa shape index (κ3) is 4.28. The van der Waals surface area contributed by atoms with Crippen LogP contribution in [0.5, 0.6) is 5.75 Å². The molecule has 0 aliphatic carbocycles. The Kier molecular flexibility index (Phi) is 4.47. The Bertz CT molecular complexity index is 437. The molecule has 0 saturated carbocycles. The van der Waals surface area contributed by atoms with Gasteiger partial charge in [-0.15, -0.1) is 0 Å². The largest absolute Gasteiger partial charge is 0.493 e. The van der Waals surface area contributed by atoms with Gasteiger partial charge in [-0.25, -0.2) is 0 Å². The van der Waals surface area contributed by atoms with Gasteiger partial charge in [-0.3, -0.25) is 0 Å². The fourth-order valence-corrected chi connectivity index (χ4v) is 1.94. The summed E-state index contributed by atoms with van der Waals surface area (Å²) in [6.07, 6.45) is -0.322. The van der Waals surface area contributed by atoms with Crippen molar-refractivity contribution in [3.8, 4) is 5.75 Å². The van der Waals surface area contributed by atoms with Crippen LogP contribution in [0.3, 0.4) is 0 Å². The van der Waals surface area contributed by atoms with E-state index in [1.807, 2.05) is 0 Å². The predicted molar refractivity (Wildman–Crippen MR) is 67.1 cm³/mol. The second kappa shape index (κ2) is 6.10. The van der Waals surface area contributed by atoms with E-state index in [1.54, 1.807) is 0 Å². The van der Waals surface area contributed by atoms with Crippen LogP contribution in [-0.2, 0) is 6.18 Å². The number of ether oxygens (including phenoxy) is 1. The Hall–Kier alpha value is -1.49. The predicted octanol–water partition coefficient (Wildman–Crippen LogP) is 3.39. The first-order chi connectivity index (χ1) is 9.05. The fraction of sp³-hybridized carbons (Fsp3) is 0.429. The Morgan fingerprint density at radius 2 is 1.89 bits per heavy atom. The summed E-state index contributed by atoms with van der Waals surface area (Å²) in [7, 11) is 0. The molecule has 0 bridgehead atoms. The van der Waals surface area contributed by atoms with Crippen molar-refractivity contribution < 1.29 is 17.9 Å². The summed E-state index contributed by atoms with van der Waals surface area (Å²) in [5, 5.41) is 3.22. The summed E-state index contributed by atoms with van der Waals surface area (Å²) in [5.41, 5.74) is 0.687. The molecule has 1 aromatic rings. The smallest absolute Gasteiger partial charge is 0.416 e. The Morgan fingerprint density at radius 3 is 2.47 bits per heavy atom. The highest BCUT2D eigenvalue weighted by atomic mass is 19.4. The van der Waals surface area contributed by atoms with Crippen molar-refractivity contribution in [1.29, 1.82) is 0 Å². The van der Waals surface area contributed by atoms with Crippen molar-refractivity contribution >= 4 is 0 Å². The van der Waals surface area contributed by atoms with E-state index < -0.39 is 11.7 Å². The maximum absolute atomic E-state index is 12.4. The van der Waals surface area contributed by atoms with Crippen molar-refractivity contribution in [2.45, 2.75) is 19.0 Å². The zero-order valence-electron chi connectivity index (χ0n) is 10.5. The highest BCUT2D eigenvalue weighted by molar-refractivity contribution is 5.28. The minimum Gasteiger partial charge on any atom is -0.493 e. The summed E-state index contributed by atoms with van der Waals surface area (Å²) in [4.78, 5) is 0. The summed E-state index contributed by atoms with van der Waals surface area (Å²) in [6, 6.07) is 4.80. The normalized spacial score (nSPS) is 16.1. The van der Waals surface area contributed by atoms with Crippen molar-refractivity contribution in [2.24, 2.45) is 0 Å². The summed E-state index contributed by atoms with van der Waals surface area (Å²) >= 11 is 0. The molecule has 19 heavy (non-hydrogen) atoms. The number of nitrogens with one attached hydrogen (secondary N) is 1. The van der Waals surface area contributed by atoms with Gasteiger partial charge >= 0.3 is 6.18 Å². The number of alkyl halides is 3. The molecule has 0 unspecified atom stereocenters. The Balaban J connectivity index is 1.81. The summed E-state index contributed by atoms with van der Waals surface area (Å²) < 4.78 is 42.5. The van der Waals surface area contributed by atoms with Gasteiger partial charge in [0.1, 0.15) is 5.75 Å². The van der Waals surface area contributed by atoms with E-state index in [2.05, 4.69) is 11.4 Å². The van der Waals surface area contributed by atoms with Crippen LogP contribution in [0.25, 0.3) is 0 Å². The third-order valence-electron chi connectivity index (χ3n) is 3.03. The van der Waals surface area contributed by atoms with Crippen molar-refractivity contribution in [3.05, 3.63) is 41.5 Å². The van der Waals surface area contributed by atoms with E-state index in [1.165, 1.54) is 17.7 Å². The lowest BCUT2D eigenvalue weighted by Gasteiger charge is -2.14. The van der Waals surface area contributed by atoms with E-state index in [-0.39, 0.29) is 0 Å². The molecule has 1 aliphatic heterocycles. The van der Waals surface area contributed by atoms with Crippen LogP contribution in [0, 0.1) is 0 Å². The standard InChI is InChI=1S/C14H16F3NO/c15-14(16,17)12-1-3-13(4-2-12)19-10-7-11-5-8-18-9-6-11/h1-5,18H,6-10H2. The first kappa shape index (κ1) is 13.9. The minimum atomic E-state index is -4.29. The number of rotatable bonds is 4. The van der Waals surface area contributed by atoms with Crippen LogP contribution in [0.2, 0.25) is 0 Å². The SMILES string of the molecule is FC(F)(F)c1ccc(OCCC2=CCNCC2)cc1. The van der Waals surface area contributed by atoms with E-state index in [0.29, 0.717) is 12.4 Å². The maximum Gasteiger partial charge on any atom is 0.416 e. The second-order valence-corrected chi connectivity index (χ2v) is 4.44. The zero-order valence-corrected chi connectivity index (χ0v) is 10.5. The van der Waals surface area contributed by atoms with E-state index in [0.717, 1.165) is 38.1 Å². The lowest BCUT2D eigenvalue weighted by molar-refractivity contribution is -0.137. The van der Waals surface area contributed by atoms with Gasteiger partial charge in [0.15, 0.2) is 0 Å². The molecule has 0 atom stereocenters. The van der Waals surface area contributed by atoms with Gasteiger partial charge in [-0.1, -0.05) is 11.6 Å². The molecule has 1 heterocycles. The van der Waals surface area contributed by atoms with Gasteiger partial charge in [0.05, 0.1) is 12.2 Å². The summed E-state index contributed by atoms with van der Waals surface area (Å²) in [6.45, 7) is 2.36. The van der Waals surface area contributed by atoms with Gasteiger partial charge in [0.2, 0.25) is 0 Å². The topological polar surface area (TPSA) is 21.3 Å². The molecule has 0 aromatic heterocycles. The lowest BCUT2D eigenvalue weighted by atomic mass is 10.1. The quantitative estimate of drug-likeness (QED) is 0.847. The average Bonchev–Trinajstić information content (AvgIpc) is 2.39. The molecule has 0 fully saturated rings. The van der Waals surface area contributed by atoms with Gasteiger partial charge in [-0.05, 0) is 37.2 Å². The highest BCUT2D eigenvalue weighted by Crippen LogP contribution is 2.30. The molecule has 1 N–H and O–H groups in total. The van der Waals surface area contributed by atoms with Crippen LogP contribution < -0.4 is 10.1 Å². The number of hydrogen-bond acceptors (Lipinski definition) is 2. The minimum absolute atomic E-state index is 0.475. The molecule has 104 valence electrons. The van der Waals surface area contributed by atoms with Crippen molar-refractivity contribution in [3.63, 3.8) is 0 Å². The van der Waals surface area contributed by atoms with Crippen LogP contribution in [0.4, 0.5) is 13.2 Å². The third-order valence-corrected chi connectivity index (χ3v) is 3.03. The van der Waals surface area contributed by atoms with E-state index >= 15 is 0 Å². The number of halogens is 3. The number of hydrogen-bond donors (Lipinski definition) is 1. The first-order valence-corrected chi connectivity index (χ1v) is 6.24. The highest BCUT2D eigenvalue weighted by Gasteiger charge is 2.29. The van der Waals surface area contributed by atoms with E-state index in [9.17, 15) is 13.2 Å². The van der Waals surface area contributed by atoms with Gasteiger partial charge in [0, 0.05) is 13.0 Å². The molecule has 2 nitrogen and oxygen atoms in total. The fourth-order valence-electron chi connectivity index (χ4n) is 1.94. The van der Waals surface area contributed by atoms with Gasteiger partial charge in [-0.2, -0.15) is 13.2 Å². The first-order valence-electron chi connectivity index (χ1n) is 6.24. The Morgan fingerprint density at radius 1 is 1.16 bits per heavy atom. The molecular weight excluding hydrogens is 255 g/mol. The maximum atomic E-state index is 12.4. The van der Waals surface area contributed by atoms with Gasteiger partial charge in [0.25, 0.3) is 0 Å². The molecule has 1 aromatic carbocycles. The average molecular weight is 271 g/mol. The van der Waals surface area contributed by atoms with Crippen LogP contribution in [-0.4, -0.2) is 19.7 Å². The molecule has 0 amide bonds. The van der Waals surface area contributed by atoms with Crippen LogP contribution >= 0.6 is 0 Å². The van der Waals surface area contributed by atoms with Gasteiger partial charge < -0.3 is 10.1 Å². The molecule has 2 rings (SSSR count). The number of benzene rings is 1. The lowest BCUT2D eigenvalue weighted by Crippen LogP contribution is -2.21. The molecule has 1 aliphatic rings. The van der Waals surface area contributed by atoms with Crippen molar-refractivity contribution in [2.75, 3.05) is 19.7 Å².